The molecule has 4 nitrogen and oxygen atoms in total. The summed E-state index contributed by atoms with van der Waals surface area (Å²) in [5.41, 5.74) is 0. The lowest BCUT2D eigenvalue weighted by atomic mass is 9.83. The molecule has 0 aromatic carbocycles. The standard InChI is InChI=1S/C12H21NO3/c1-3-8(4-2)11(15)7-13-12(16)9-5-10(14)6-9/h8-9,11,15H,3-7H2,1-2H3,(H,13,16). The molecule has 2 N–H and O–H groups in total. The van der Waals surface area contributed by atoms with Gasteiger partial charge in [0.15, 0.2) is 0 Å². The van der Waals surface area contributed by atoms with E-state index >= 15 is 0 Å². The molecule has 0 heterocycles. The highest BCUT2D eigenvalue weighted by molar-refractivity contribution is 5.96. The second-order valence-electron chi connectivity index (χ2n) is 4.53. The molecule has 0 spiro atoms. The zero-order valence-corrected chi connectivity index (χ0v) is 10.0. The number of rotatable bonds is 6. The molecule has 16 heavy (non-hydrogen) atoms. The molecular formula is C12H21NO3. The van der Waals surface area contributed by atoms with E-state index < -0.39 is 6.10 Å². The van der Waals surface area contributed by atoms with Crippen molar-refractivity contribution < 1.29 is 14.7 Å². The molecule has 1 rings (SSSR count). The van der Waals surface area contributed by atoms with Gasteiger partial charge in [-0.3, -0.25) is 9.59 Å². The van der Waals surface area contributed by atoms with E-state index in [2.05, 4.69) is 5.32 Å². The van der Waals surface area contributed by atoms with Crippen molar-refractivity contribution in [2.45, 2.75) is 45.6 Å². The monoisotopic (exact) mass is 227 g/mol. The van der Waals surface area contributed by atoms with Crippen LogP contribution in [0.5, 0.6) is 0 Å². The maximum absolute atomic E-state index is 11.5. The smallest absolute Gasteiger partial charge is 0.224 e. The van der Waals surface area contributed by atoms with E-state index in [9.17, 15) is 14.7 Å². The molecular weight excluding hydrogens is 206 g/mol. The molecule has 0 aromatic heterocycles. The van der Waals surface area contributed by atoms with Gasteiger partial charge in [0.2, 0.25) is 5.91 Å². The van der Waals surface area contributed by atoms with Crippen LogP contribution in [0.3, 0.4) is 0 Å². The van der Waals surface area contributed by atoms with Crippen LogP contribution in [0.4, 0.5) is 0 Å². The average molecular weight is 227 g/mol. The van der Waals surface area contributed by atoms with E-state index in [1.165, 1.54) is 0 Å². The molecule has 0 aliphatic heterocycles. The van der Waals surface area contributed by atoms with Gasteiger partial charge in [-0.1, -0.05) is 26.7 Å². The normalized spacial score (nSPS) is 18.4. The van der Waals surface area contributed by atoms with Crippen LogP contribution >= 0.6 is 0 Å². The Morgan fingerprint density at radius 1 is 1.44 bits per heavy atom. The Morgan fingerprint density at radius 3 is 2.44 bits per heavy atom. The van der Waals surface area contributed by atoms with Crippen LogP contribution in [-0.4, -0.2) is 29.4 Å². The van der Waals surface area contributed by atoms with E-state index in [1.807, 2.05) is 13.8 Å². The molecule has 1 saturated carbocycles. The molecule has 1 atom stereocenters. The second kappa shape index (κ2) is 5.99. The Kier molecular flexibility index (Phi) is 4.93. The predicted octanol–water partition coefficient (Wildman–Crippen LogP) is 0.879. The third-order valence-corrected chi connectivity index (χ3v) is 3.40. The summed E-state index contributed by atoms with van der Waals surface area (Å²) in [5.74, 6) is 0.148. The summed E-state index contributed by atoms with van der Waals surface area (Å²) in [6.45, 7) is 4.36. The van der Waals surface area contributed by atoms with Gasteiger partial charge < -0.3 is 10.4 Å². The minimum absolute atomic E-state index is 0.0930. The molecule has 92 valence electrons. The first-order valence-electron chi connectivity index (χ1n) is 6.05. The van der Waals surface area contributed by atoms with E-state index in [-0.39, 0.29) is 23.5 Å². The number of hydrogen-bond donors (Lipinski definition) is 2. The topological polar surface area (TPSA) is 66.4 Å². The average Bonchev–Trinajstić information content (AvgIpc) is 2.23. The number of Topliss-reactive ketones (excluding diaryl/α,β-unsaturated/α-hetero) is 1. The molecule has 1 fully saturated rings. The van der Waals surface area contributed by atoms with Crippen molar-refractivity contribution in [2.24, 2.45) is 11.8 Å². The highest BCUT2D eigenvalue weighted by atomic mass is 16.3. The number of hydrogen-bond acceptors (Lipinski definition) is 3. The number of nitrogens with one attached hydrogen (secondary N) is 1. The molecule has 1 unspecified atom stereocenters. The Labute approximate surface area is 96.4 Å². The largest absolute Gasteiger partial charge is 0.391 e. The molecule has 0 radical (unpaired) electrons. The van der Waals surface area contributed by atoms with Crippen LogP contribution in [0.2, 0.25) is 0 Å². The number of amides is 1. The van der Waals surface area contributed by atoms with Crippen molar-refractivity contribution in [1.82, 2.24) is 5.32 Å². The Balaban J connectivity index is 2.23. The minimum Gasteiger partial charge on any atom is -0.391 e. The van der Waals surface area contributed by atoms with Gasteiger partial charge in [0.05, 0.1) is 12.0 Å². The first-order chi connectivity index (χ1) is 7.58. The van der Waals surface area contributed by atoms with E-state index in [4.69, 9.17) is 0 Å². The van der Waals surface area contributed by atoms with Crippen LogP contribution < -0.4 is 5.32 Å². The first kappa shape index (κ1) is 13.2. The summed E-state index contributed by atoms with van der Waals surface area (Å²) in [6, 6.07) is 0. The predicted molar refractivity (Wildman–Crippen MR) is 60.8 cm³/mol. The lowest BCUT2D eigenvalue weighted by Crippen LogP contribution is -2.43. The summed E-state index contributed by atoms with van der Waals surface area (Å²) in [6.07, 6.45) is 2.08. The molecule has 1 aliphatic rings. The third-order valence-electron chi connectivity index (χ3n) is 3.40. The number of ketones is 1. The van der Waals surface area contributed by atoms with Gasteiger partial charge in [-0.2, -0.15) is 0 Å². The lowest BCUT2D eigenvalue weighted by molar-refractivity contribution is -0.138. The third kappa shape index (κ3) is 3.30. The zero-order chi connectivity index (χ0) is 12.1. The van der Waals surface area contributed by atoms with E-state index in [0.29, 0.717) is 19.4 Å². The summed E-state index contributed by atoms with van der Waals surface area (Å²) < 4.78 is 0. The highest BCUT2D eigenvalue weighted by Crippen LogP contribution is 2.22. The molecule has 0 bridgehead atoms. The van der Waals surface area contributed by atoms with Gasteiger partial charge >= 0.3 is 0 Å². The lowest BCUT2D eigenvalue weighted by Gasteiger charge is -2.25. The highest BCUT2D eigenvalue weighted by Gasteiger charge is 2.32. The van der Waals surface area contributed by atoms with E-state index in [0.717, 1.165) is 12.8 Å². The molecule has 0 saturated heterocycles. The number of carbonyl (C=O) groups is 2. The number of aliphatic hydroxyl groups excluding tert-OH is 1. The first-order valence-corrected chi connectivity index (χ1v) is 6.05. The van der Waals surface area contributed by atoms with Crippen molar-refractivity contribution in [2.75, 3.05) is 6.54 Å². The van der Waals surface area contributed by atoms with Crippen molar-refractivity contribution in [1.29, 1.82) is 0 Å². The van der Waals surface area contributed by atoms with Crippen LogP contribution in [0.15, 0.2) is 0 Å². The molecule has 1 amide bonds. The van der Waals surface area contributed by atoms with Crippen LogP contribution in [0, 0.1) is 11.8 Å². The van der Waals surface area contributed by atoms with Crippen molar-refractivity contribution in [3.05, 3.63) is 0 Å². The quantitative estimate of drug-likeness (QED) is 0.708. The molecule has 1 aliphatic carbocycles. The van der Waals surface area contributed by atoms with E-state index in [1.54, 1.807) is 0 Å². The summed E-state index contributed by atoms with van der Waals surface area (Å²) in [4.78, 5) is 22.2. The molecule has 4 heteroatoms. The Morgan fingerprint density at radius 2 is 2.00 bits per heavy atom. The summed E-state index contributed by atoms with van der Waals surface area (Å²) in [7, 11) is 0. The van der Waals surface area contributed by atoms with Gasteiger partial charge in [0.1, 0.15) is 5.78 Å². The fourth-order valence-corrected chi connectivity index (χ4v) is 2.02. The SMILES string of the molecule is CCC(CC)C(O)CNC(=O)C1CC(=O)C1. The maximum Gasteiger partial charge on any atom is 0.224 e. The fourth-order valence-electron chi connectivity index (χ4n) is 2.02. The van der Waals surface area contributed by atoms with Gasteiger partial charge in [0, 0.05) is 19.4 Å². The van der Waals surface area contributed by atoms with Gasteiger partial charge in [-0.15, -0.1) is 0 Å². The van der Waals surface area contributed by atoms with Crippen LogP contribution in [-0.2, 0) is 9.59 Å². The summed E-state index contributed by atoms with van der Waals surface area (Å²) >= 11 is 0. The van der Waals surface area contributed by atoms with Gasteiger partial charge in [0.25, 0.3) is 0 Å². The van der Waals surface area contributed by atoms with Crippen LogP contribution in [0.1, 0.15) is 39.5 Å². The minimum atomic E-state index is -0.477. The zero-order valence-electron chi connectivity index (χ0n) is 10.0. The van der Waals surface area contributed by atoms with Crippen LogP contribution in [0.25, 0.3) is 0 Å². The van der Waals surface area contributed by atoms with Crippen molar-refractivity contribution >= 4 is 11.7 Å². The Hall–Kier alpha value is -0.900. The maximum atomic E-state index is 11.5. The van der Waals surface area contributed by atoms with Crippen molar-refractivity contribution in [3.63, 3.8) is 0 Å². The summed E-state index contributed by atoms with van der Waals surface area (Å²) in [5, 5.41) is 12.5. The number of carbonyl (C=O) groups excluding carboxylic acids is 2. The van der Waals surface area contributed by atoms with Gasteiger partial charge in [-0.25, -0.2) is 0 Å². The van der Waals surface area contributed by atoms with Crippen molar-refractivity contribution in [3.8, 4) is 0 Å². The van der Waals surface area contributed by atoms with Gasteiger partial charge in [-0.05, 0) is 5.92 Å². The fraction of sp³-hybridized carbons (Fsp3) is 0.833. The Bertz CT molecular complexity index is 253. The molecule has 0 aromatic rings. The number of aliphatic hydroxyl groups is 1. The second-order valence-corrected chi connectivity index (χ2v) is 4.53.